The predicted molar refractivity (Wildman–Crippen MR) is 76.7 cm³/mol. The second-order valence-electron chi connectivity index (χ2n) is 3.62. The lowest BCUT2D eigenvalue weighted by molar-refractivity contribution is 1.15. The zero-order chi connectivity index (χ0) is 12.1. The second-order valence-corrected chi connectivity index (χ2v) is 4.73. The molecule has 0 spiro atoms. The maximum Gasteiger partial charge on any atom is 0.159 e. The number of hydrogen-bond acceptors (Lipinski definition) is 3. The lowest BCUT2D eigenvalue weighted by Crippen LogP contribution is -2.10. The fraction of sp³-hybridized carbons (Fsp3) is 0.154. The molecule has 4 N–H and O–H groups in total. The summed E-state index contributed by atoms with van der Waals surface area (Å²) < 4.78 is 0. The Balaban J connectivity index is 2.24. The molecule has 0 bridgehead atoms. The fourth-order valence-electron chi connectivity index (χ4n) is 1.57. The molecule has 0 atom stereocenters. The Kier molecular flexibility index (Phi) is 4.01. The van der Waals surface area contributed by atoms with Crippen molar-refractivity contribution in [2.45, 2.75) is 0 Å². The van der Waals surface area contributed by atoms with Gasteiger partial charge in [-0.1, -0.05) is 42.1 Å². The van der Waals surface area contributed by atoms with Crippen LogP contribution in [-0.4, -0.2) is 17.5 Å². The molecule has 0 aromatic heterocycles. The van der Waals surface area contributed by atoms with Crippen molar-refractivity contribution in [3.63, 3.8) is 0 Å². The minimum absolute atomic E-state index is 0.561. The number of nitrogens with zero attached hydrogens (tertiary/aromatic N) is 1. The lowest BCUT2D eigenvalue weighted by atomic mass is 10.1. The number of nitrogens with two attached hydrogens (primary N) is 2. The molecule has 0 aliphatic carbocycles. The van der Waals surface area contributed by atoms with Crippen LogP contribution in [0.1, 0.15) is 0 Å². The quantitative estimate of drug-likeness (QED) is 0.645. The van der Waals surface area contributed by atoms with E-state index in [9.17, 15) is 0 Å². The zero-order valence-corrected chi connectivity index (χ0v) is 10.3. The minimum Gasteiger partial charge on any atom is -0.378 e. The Hall–Kier alpha value is -1.52. The van der Waals surface area contributed by atoms with Gasteiger partial charge in [-0.25, -0.2) is 4.99 Å². The van der Waals surface area contributed by atoms with Crippen LogP contribution in [0.2, 0.25) is 0 Å². The van der Waals surface area contributed by atoms with E-state index >= 15 is 0 Å². The van der Waals surface area contributed by atoms with Gasteiger partial charge in [-0.05, 0) is 22.9 Å². The molecular weight excluding hydrogens is 230 g/mol. The minimum atomic E-state index is 0.561. The summed E-state index contributed by atoms with van der Waals surface area (Å²) in [5.74, 6) is 0.795. The number of hydrogen-bond donors (Lipinski definition) is 2. The molecule has 0 heterocycles. The predicted octanol–water partition coefficient (Wildman–Crippen LogP) is 2.48. The standard InChI is InChI=1S/C13H15N3S/c14-7-8-17-13(15)16-12-6-5-10-3-1-2-4-11(10)9-12/h1-6,9H,7-8,14H2,(H2,15,16). The van der Waals surface area contributed by atoms with Crippen molar-refractivity contribution < 1.29 is 0 Å². The Bertz CT molecular complexity index is 537. The average molecular weight is 245 g/mol. The SMILES string of the molecule is NCCSC(N)=Nc1ccc2ccccc2c1. The van der Waals surface area contributed by atoms with Crippen molar-refractivity contribution in [2.24, 2.45) is 16.5 Å². The molecule has 0 aliphatic heterocycles. The Morgan fingerprint density at radius 3 is 2.65 bits per heavy atom. The van der Waals surface area contributed by atoms with Gasteiger partial charge >= 0.3 is 0 Å². The van der Waals surface area contributed by atoms with E-state index in [1.165, 1.54) is 22.5 Å². The monoisotopic (exact) mass is 245 g/mol. The highest BCUT2D eigenvalue weighted by Gasteiger charge is 1.97. The van der Waals surface area contributed by atoms with Crippen LogP contribution in [0.15, 0.2) is 47.5 Å². The van der Waals surface area contributed by atoms with Crippen LogP contribution >= 0.6 is 11.8 Å². The van der Waals surface area contributed by atoms with Gasteiger partial charge in [-0.15, -0.1) is 0 Å². The van der Waals surface area contributed by atoms with Gasteiger partial charge in [0.15, 0.2) is 5.17 Å². The van der Waals surface area contributed by atoms with Crippen molar-refractivity contribution in [3.05, 3.63) is 42.5 Å². The van der Waals surface area contributed by atoms with Crippen molar-refractivity contribution >= 4 is 33.4 Å². The Morgan fingerprint density at radius 2 is 1.88 bits per heavy atom. The molecule has 2 rings (SSSR count). The number of aliphatic imine (C=N–C) groups is 1. The highest BCUT2D eigenvalue weighted by atomic mass is 32.2. The van der Waals surface area contributed by atoms with E-state index in [0.717, 1.165) is 11.4 Å². The first-order valence-corrected chi connectivity index (χ1v) is 6.44. The summed E-state index contributed by atoms with van der Waals surface area (Å²) in [7, 11) is 0. The first-order valence-electron chi connectivity index (χ1n) is 5.45. The van der Waals surface area contributed by atoms with Crippen molar-refractivity contribution in [3.8, 4) is 0 Å². The molecule has 0 amide bonds. The summed E-state index contributed by atoms with van der Waals surface area (Å²) in [6, 6.07) is 14.2. The maximum atomic E-state index is 5.79. The number of thioether (sulfide) groups is 1. The molecule has 2 aromatic carbocycles. The van der Waals surface area contributed by atoms with Gasteiger partial charge < -0.3 is 11.5 Å². The van der Waals surface area contributed by atoms with Gasteiger partial charge in [0.25, 0.3) is 0 Å². The van der Waals surface area contributed by atoms with Crippen molar-refractivity contribution in [2.75, 3.05) is 12.3 Å². The summed E-state index contributed by atoms with van der Waals surface area (Å²) >= 11 is 1.48. The normalized spacial score (nSPS) is 11.9. The van der Waals surface area contributed by atoms with Gasteiger partial charge in [0.05, 0.1) is 5.69 Å². The Morgan fingerprint density at radius 1 is 1.12 bits per heavy atom. The maximum absolute atomic E-state index is 5.79. The van der Waals surface area contributed by atoms with Crippen LogP contribution in [0.25, 0.3) is 10.8 Å². The highest BCUT2D eigenvalue weighted by Crippen LogP contribution is 2.21. The van der Waals surface area contributed by atoms with Crippen LogP contribution in [0, 0.1) is 0 Å². The third-order valence-electron chi connectivity index (χ3n) is 2.34. The summed E-state index contributed by atoms with van der Waals surface area (Å²) in [5.41, 5.74) is 12.1. The summed E-state index contributed by atoms with van der Waals surface area (Å²) in [6.07, 6.45) is 0. The molecule has 0 aliphatic rings. The van der Waals surface area contributed by atoms with Gasteiger partial charge in [0.1, 0.15) is 0 Å². The van der Waals surface area contributed by atoms with E-state index in [1.807, 2.05) is 24.3 Å². The number of rotatable bonds is 3. The van der Waals surface area contributed by atoms with Crippen LogP contribution in [0.5, 0.6) is 0 Å². The molecular formula is C13H15N3S. The largest absolute Gasteiger partial charge is 0.378 e. The third kappa shape index (κ3) is 3.22. The van der Waals surface area contributed by atoms with Gasteiger partial charge in [-0.2, -0.15) is 0 Å². The first kappa shape index (κ1) is 12.0. The molecule has 0 unspecified atom stereocenters. The van der Waals surface area contributed by atoms with Crippen LogP contribution < -0.4 is 11.5 Å². The smallest absolute Gasteiger partial charge is 0.159 e. The summed E-state index contributed by atoms with van der Waals surface area (Å²) in [6.45, 7) is 0.610. The number of fused-ring (bicyclic) bond motifs is 1. The Labute approximate surface area is 105 Å². The summed E-state index contributed by atoms with van der Waals surface area (Å²) in [4.78, 5) is 4.35. The lowest BCUT2D eigenvalue weighted by Gasteiger charge is -2.01. The molecule has 2 aromatic rings. The molecule has 0 radical (unpaired) electrons. The van der Waals surface area contributed by atoms with Gasteiger partial charge in [-0.3, -0.25) is 0 Å². The van der Waals surface area contributed by atoms with Crippen molar-refractivity contribution in [1.82, 2.24) is 0 Å². The van der Waals surface area contributed by atoms with Gasteiger partial charge in [0.2, 0.25) is 0 Å². The van der Waals surface area contributed by atoms with E-state index in [4.69, 9.17) is 11.5 Å². The number of benzene rings is 2. The van der Waals surface area contributed by atoms with Crippen LogP contribution in [0.4, 0.5) is 5.69 Å². The molecule has 88 valence electrons. The number of amidine groups is 1. The van der Waals surface area contributed by atoms with E-state index in [2.05, 4.69) is 23.2 Å². The van der Waals surface area contributed by atoms with E-state index in [1.54, 1.807) is 0 Å². The van der Waals surface area contributed by atoms with E-state index in [-0.39, 0.29) is 0 Å². The van der Waals surface area contributed by atoms with E-state index in [0.29, 0.717) is 11.7 Å². The molecule has 3 nitrogen and oxygen atoms in total. The summed E-state index contributed by atoms with van der Waals surface area (Å²) in [5, 5.41) is 2.94. The van der Waals surface area contributed by atoms with Crippen LogP contribution in [-0.2, 0) is 0 Å². The van der Waals surface area contributed by atoms with Gasteiger partial charge in [0, 0.05) is 12.3 Å². The van der Waals surface area contributed by atoms with Crippen LogP contribution in [0.3, 0.4) is 0 Å². The highest BCUT2D eigenvalue weighted by molar-refractivity contribution is 8.13. The van der Waals surface area contributed by atoms with Crippen molar-refractivity contribution in [1.29, 1.82) is 0 Å². The molecule has 0 saturated heterocycles. The molecule has 17 heavy (non-hydrogen) atoms. The molecule has 4 heteroatoms. The molecule has 0 saturated carbocycles. The second kappa shape index (κ2) is 5.70. The average Bonchev–Trinajstić information content (AvgIpc) is 2.36. The third-order valence-corrected chi connectivity index (χ3v) is 3.17. The topological polar surface area (TPSA) is 64.4 Å². The van der Waals surface area contributed by atoms with E-state index < -0.39 is 0 Å². The molecule has 0 fully saturated rings. The zero-order valence-electron chi connectivity index (χ0n) is 9.47. The fourth-order valence-corrected chi connectivity index (χ4v) is 2.07. The first-order chi connectivity index (χ1) is 8.29.